The molecule has 2 aliphatic rings. The molecule has 18 heavy (non-hydrogen) atoms. The second kappa shape index (κ2) is 5.23. The molecule has 2 N–H and O–H groups in total. The van der Waals surface area contributed by atoms with Gasteiger partial charge in [-0.05, 0) is 75.2 Å². The highest BCUT2D eigenvalue weighted by Gasteiger charge is 2.39. The van der Waals surface area contributed by atoms with Gasteiger partial charge in [-0.15, -0.1) is 0 Å². The lowest BCUT2D eigenvalue weighted by Gasteiger charge is -2.37. The minimum Gasteiger partial charge on any atom is -0.328 e. The predicted molar refractivity (Wildman–Crippen MR) is 81.4 cm³/mol. The van der Waals surface area contributed by atoms with E-state index in [-0.39, 0.29) is 0 Å². The molecule has 0 saturated carbocycles. The highest BCUT2D eigenvalue weighted by molar-refractivity contribution is 9.13. The van der Waals surface area contributed by atoms with Gasteiger partial charge in [-0.2, -0.15) is 0 Å². The molecule has 2 atom stereocenters. The molecule has 0 amide bonds. The first kappa shape index (κ1) is 13.1. The predicted octanol–water partition coefficient (Wildman–Crippen LogP) is 3.67. The van der Waals surface area contributed by atoms with E-state index in [4.69, 9.17) is 5.73 Å². The molecule has 2 saturated heterocycles. The summed E-state index contributed by atoms with van der Waals surface area (Å²) in [6.45, 7) is 1.06. The molecule has 2 aliphatic heterocycles. The summed E-state index contributed by atoms with van der Waals surface area (Å²) in [5.41, 5.74) is 7.50. The Morgan fingerprint density at radius 1 is 1.11 bits per heavy atom. The number of nitrogens with zero attached hydrogens (tertiary/aromatic N) is 1. The fourth-order valence-electron chi connectivity index (χ4n) is 3.42. The third-order valence-electron chi connectivity index (χ3n) is 4.27. The maximum absolute atomic E-state index is 6.11. The van der Waals surface area contributed by atoms with E-state index in [1.165, 1.54) is 31.2 Å². The number of fused-ring (bicyclic) bond motifs is 2. The molecule has 1 aromatic carbocycles. The van der Waals surface area contributed by atoms with E-state index >= 15 is 0 Å². The van der Waals surface area contributed by atoms with E-state index in [2.05, 4.69) is 55.0 Å². The van der Waals surface area contributed by atoms with Gasteiger partial charge < -0.3 is 5.73 Å². The summed E-state index contributed by atoms with van der Waals surface area (Å²) in [6, 6.07) is 8.40. The molecule has 2 bridgehead atoms. The van der Waals surface area contributed by atoms with E-state index in [1.807, 2.05) is 0 Å². The number of nitrogens with two attached hydrogens (primary N) is 1. The maximum Gasteiger partial charge on any atom is 0.0320 e. The van der Waals surface area contributed by atoms with Crippen LogP contribution in [0.3, 0.4) is 0 Å². The number of piperidine rings is 1. The molecule has 98 valence electrons. The minimum absolute atomic E-state index is 0.426. The Bertz CT molecular complexity index is 435. The first-order valence-corrected chi connectivity index (χ1v) is 8.17. The van der Waals surface area contributed by atoms with Gasteiger partial charge >= 0.3 is 0 Å². The molecule has 1 aromatic rings. The van der Waals surface area contributed by atoms with Crippen LogP contribution in [0.2, 0.25) is 0 Å². The van der Waals surface area contributed by atoms with Crippen molar-refractivity contribution in [2.45, 2.75) is 50.4 Å². The van der Waals surface area contributed by atoms with Crippen LogP contribution in [-0.4, -0.2) is 23.0 Å². The van der Waals surface area contributed by atoms with Crippen molar-refractivity contribution >= 4 is 31.9 Å². The Morgan fingerprint density at radius 3 is 2.39 bits per heavy atom. The van der Waals surface area contributed by atoms with Gasteiger partial charge in [0.1, 0.15) is 0 Å². The number of benzene rings is 1. The molecule has 2 unspecified atom stereocenters. The van der Waals surface area contributed by atoms with Crippen LogP contribution in [0.15, 0.2) is 27.1 Å². The van der Waals surface area contributed by atoms with Crippen molar-refractivity contribution in [3.8, 4) is 0 Å². The fourth-order valence-corrected chi connectivity index (χ4v) is 4.10. The van der Waals surface area contributed by atoms with Crippen molar-refractivity contribution in [2.75, 3.05) is 0 Å². The van der Waals surface area contributed by atoms with Gasteiger partial charge in [0.15, 0.2) is 0 Å². The van der Waals surface area contributed by atoms with Crippen LogP contribution in [-0.2, 0) is 6.54 Å². The molecule has 4 heteroatoms. The summed E-state index contributed by atoms with van der Waals surface area (Å²) in [7, 11) is 0. The largest absolute Gasteiger partial charge is 0.328 e. The van der Waals surface area contributed by atoms with Gasteiger partial charge in [-0.3, -0.25) is 4.90 Å². The number of rotatable bonds is 2. The minimum atomic E-state index is 0.426. The number of hydrogen-bond donors (Lipinski definition) is 1. The van der Waals surface area contributed by atoms with Crippen LogP contribution >= 0.6 is 31.9 Å². The average molecular weight is 374 g/mol. The second-order valence-electron chi connectivity index (χ2n) is 5.54. The normalized spacial score (nSPS) is 31.8. The Kier molecular flexibility index (Phi) is 3.81. The van der Waals surface area contributed by atoms with E-state index < -0.39 is 0 Å². The standard InChI is InChI=1S/C14H18Br2N2/c15-13-4-1-9(5-14(13)16)8-18-11-2-3-12(18)7-10(17)6-11/h1,4-5,10-12H,2-3,6-8,17H2. The number of halogens is 2. The van der Waals surface area contributed by atoms with Gasteiger partial charge in [0.2, 0.25) is 0 Å². The van der Waals surface area contributed by atoms with Crippen LogP contribution in [0.5, 0.6) is 0 Å². The van der Waals surface area contributed by atoms with Crippen molar-refractivity contribution in [1.29, 1.82) is 0 Å². The molecule has 0 spiro atoms. The van der Waals surface area contributed by atoms with Crippen molar-refractivity contribution in [3.05, 3.63) is 32.7 Å². The van der Waals surface area contributed by atoms with Crippen molar-refractivity contribution < 1.29 is 0 Å². The quantitative estimate of drug-likeness (QED) is 0.856. The Morgan fingerprint density at radius 2 is 1.78 bits per heavy atom. The zero-order valence-corrected chi connectivity index (χ0v) is 13.5. The SMILES string of the molecule is NC1CC2CCC(C1)N2Cc1ccc(Br)c(Br)c1. The van der Waals surface area contributed by atoms with Crippen LogP contribution < -0.4 is 5.73 Å². The summed E-state index contributed by atoms with van der Waals surface area (Å²) in [5, 5.41) is 0. The monoisotopic (exact) mass is 372 g/mol. The summed E-state index contributed by atoms with van der Waals surface area (Å²) < 4.78 is 2.26. The topological polar surface area (TPSA) is 29.3 Å². The van der Waals surface area contributed by atoms with Gasteiger partial charge in [-0.25, -0.2) is 0 Å². The van der Waals surface area contributed by atoms with Gasteiger partial charge in [0, 0.05) is 33.6 Å². The summed E-state index contributed by atoms with van der Waals surface area (Å²) in [5.74, 6) is 0. The molecular weight excluding hydrogens is 356 g/mol. The molecular formula is C14H18Br2N2. The third-order valence-corrected chi connectivity index (χ3v) is 6.15. The van der Waals surface area contributed by atoms with Crippen LogP contribution in [0.25, 0.3) is 0 Å². The maximum atomic E-state index is 6.11. The van der Waals surface area contributed by atoms with Crippen molar-refractivity contribution in [1.82, 2.24) is 4.90 Å². The Labute approximate surface area is 125 Å². The molecule has 3 rings (SSSR count). The van der Waals surface area contributed by atoms with Crippen LogP contribution in [0, 0.1) is 0 Å². The molecule has 0 aromatic heterocycles. The second-order valence-corrected chi connectivity index (χ2v) is 7.25. The molecule has 2 heterocycles. The molecule has 2 nitrogen and oxygen atoms in total. The first-order chi connectivity index (χ1) is 8.63. The van der Waals surface area contributed by atoms with E-state index in [0.29, 0.717) is 18.1 Å². The Hall–Kier alpha value is 0.1000. The van der Waals surface area contributed by atoms with Crippen LogP contribution in [0.1, 0.15) is 31.2 Å². The third kappa shape index (κ3) is 2.53. The van der Waals surface area contributed by atoms with E-state index in [0.717, 1.165) is 15.5 Å². The van der Waals surface area contributed by atoms with Crippen molar-refractivity contribution in [2.24, 2.45) is 5.73 Å². The van der Waals surface area contributed by atoms with E-state index in [1.54, 1.807) is 0 Å². The van der Waals surface area contributed by atoms with Gasteiger partial charge in [-0.1, -0.05) is 6.07 Å². The average Bonchev–Trinajstić information content (AvgIpc) is 2.58. The van der Waals surface area contributed by atoms with Gasteiger partial charge in [0.05, 0.1) is 0 Å². The zero-order valence-electron chi connectivity index (χ0n) is 10.3. The highest BCUT2D eigenvalue weighted by atomic mass is 79.9. The molecule has 2 fully saturated rings. The van der Waals surface area contributed by atoms with Gasteiger partial charge in [0.25, 0.3) is 0 Å². The lowest BCUT2D eigenvalue weighted by atomic mass is 9.97. The Balaban J connectivity index is 1.75. The molecule has 0 aliphatic carbocycles. The molecule has 0 radical (unpaired) electrons. The van der Waals surface area contributed by atoms with Crippen LogP contribution in [0.4, 0.5) is 0 Å². The highest BCUT2D eigenvalue weighted by Crippen LogP contribution is 2.36. The lowest BCUT2D eigenvalue weighted by molar-refractivity contribution is 0.120. The summed E-state index contributed by atoms with van der Waals surface area (Å²) >= 11 is 7.10. The lowest BCUT2D eigenvalue weighted by Crippen LogP contribution is -2.46. The summed E-state index contributed by atoms with van der Waals surface area (Å²) in [6.07, 6.45) is 5.01. The van der Waals surface area contributed by atoms with E-state index in [9.17, 15) is 0 Å². The number of hydrogen-bond acceptors (Lipinski definition) is 2. The smallest absolute Gasteiger partial charge is 0.0320 e. The van der Waals surface area contributed by atoms with Crippen molar-refractivity contribution in [3.63, 3.8) is 0 Å². The zero-order chi connectivity index (χ0) is 12.7. The summed E-state index contributed by atoms with van der Waals surface area (Å²) in [4.78, 5) is 2.67. The first-order valence-electron chi connectivity index (χ1n) is 6.59. The fraction of sp³-hybridized carbons (Fsp3) is 0.571.